The number of rotatable bonds is 4. The topological polar surface area (TPSA) is 63.5 Å². The van der Waals surface area contributed by atoms with Gasteiger partial charge in [-0.1, -0.05) is 60.1 Å². The molecule has 7 heteroatoms. The molecule has 0 bridgehead atoms. The molecule has 2 aromatic heterocycles. The molecule has 2 heterocycles. The van der Waals surface area contributed by atoms with Crippen LogP contribution in [0.25, 0.3) is 16.2 Å². The standard InChI is InChI=1S/C20H14ClN3O2S/c21-16-9-5-4-8-14(16)10-22-18(25)15-11-23-20-24(19(15)26)17(12-27-20)13-6-2-1-3-7-13/h1-9,11-12H,10H2,(H,22,25). The first kappa shape index (κ1) is 17.5. The lowest BCUT2D eigenvalue weighted by Crippen LogP contribution is -2.31. The summed E-state index contributed by atoms with van der Waals surface area (Å²) >= 11 is 7.47. The molecule has 0 radical (unpaired) electrons. The summed E-state index contributed by atoms with van der Waals surface area (Å²) in [6.45, 7) is 0.232. The van der Waals surface area contributed by atoms with E-state index in [4.69, 9.17) is 11.6 Å². The Balaban J connectivity index is 1.68. The number of carbonyl (C=O) groups is 1. The molecule has 1 N–H and O–H groups in total. The molecule has 27 heavy (non-hydrogen) atoms. The molecule has 0 atom stereocenters. The number of thiazole rings is 1. The average Bonchev–Trinajstić information content (AvgIpc) is 3.13. The number of benzene rings is 2. The van der Waals surface area contributed by atoms with Crippen LogP contribution < -0.4 is 10.9 Å². The quantitative estimate of drug-likeness (QED) is 0.568. The van der Waals surface area contributed by atoms with Gasteiger partial charge in [-0.05, 0) is 17.2 Å². The Kier molecular flexibility index (Phi) is 4.75. The van der Waals surface area contributed by atoms with Gasteiger partial charge in [0.1, 0.15) is 5.56 Å². The molecule has 4 aromatic rings. The maximum Gasteiger partial charge on any atom is 0.271 e. The fourth-order valence-electron chi connectivity index (χ4n) is 2.77. The van der Waals surface area contributed by atoms with Crippen LogP contribution >= 0.6 is 22.9 Å². The van der Waals surface area contributed by atoms with E-state index in [-0.39, 0.29) is 12.1 Å². The second-order valence-electron chi connectivity index (χ2n) is 5.86. The highest BCUT2D eigenvalue weighted by Crippen LogP contribution is 2.23. The van der Waals surface area contributed by atoms with Gasteiger partial charge in [0.25, 0.3) is 11.5 Å². The molecule has 1 amide bonds. The van der Waals surface area contributed by atoms with Gasteiger partial charge < -0.3 is 5.32 Å². The van der Waals surface area contributed by atoms with Crippen molar-refractivity contribution in [3.05, 3.63) is 92.7 Å². The fourth-order valence-corrected chi connectivity index (χ4v) is 3.83. The van der Waals surface area contributed by atoms with E-state index < -0.39 is 11.5 Å². The first-order chi connectivity index (χ1) is 13.1. The van der Waals surface area contributed by atoms with Gasteiger partial charge in [-0.25, -0.2) is 4.98 Å². The second kappa shape index (κ2) is 7.34. The molecule has 0 unspecified atom stereocenters. The molecular weight excluding hydrogens is 382 g/mol. The largest absolute Gasteiger partial charge is 0.348 e. The van der Waals surface area contributed by atoms with Crippen molar-refractivity contribution in [1.82, 2.24) is 14.7 Å². The number of nitrogens with zero attached hydrogens (tertiary/aromatic N) is 2. The number of hydrogen-bond donors (Lipinski definition) is 1. The lowest BCUT2D eigenvalue weighted by molar-refractivity contribution is 0.0949. The van der Waals surface area contributed by atoms with E-state index in [1.54, 1.807) is 6.07 Å². The number of halogens is 1. The van der Waals surface area contributed by atoms with Crippen LogP contribution in [0.2, 0.25) is 5.02 Å². The molecule has 0 spiro atoms. The third kappa shape index (κ3) is 3.37. The Morgan fingerprint density at radius 3 is 2.63 bits per heavy atom. The Morgan fingerprint density at radius 2 is 1.85 bits per heavy atom. The van der Waals surface area contributed by atoms with Crippen molar-refractivity contribution in [1.29, 1.82) is 0 Å². The first-order valence-corrected chi connectivity index (χ1v) is 9.47. The van der Waals surface area contributed by atoms with E-state index in [1.165, 1.54) is 21.9 Å². The van der Waals surface area contributed by atoms with E-state index in [9.17, 15) is 9.59 Å². The summed E-state index contributed by atoms with van der Waals surface area (Å²) in [7, 11) is 0. The van der Waals surface area contributed by atoms with Crippen molar-refractivity contribution in [2.24, 2.45) is 0 Å². The Bertz CT molecular complexity index is 1180. The minimum atomic E-state index is -0.480. The van der Waals surface area contributed by atoms with Crippen molar-refractivity contribution in [3.63, 3.8) is 0 Å². The third-order valence-electron chi connectivity index (χ3n) is 4.16. The predicted molar refractivity (Wildman–Crippen MR) is 107 cm³/mol. The Hall–Kier alpha value is -2.96. The minimum Gasteiger partial charge on any atom is -0.348 e. The third-order valence-corrected chi connectivity index (χ3v) is 5.37. The molecule has 0 aliphatic carbocycles. The normalized spacial score (nSPS) is 10.9. The molecule has 0 aliphatic heterocycles. The molecule has 5 nitrogen and oxygen atoms in total. The monoisotopic (exact) mass is 395 g/mol. The first-order valence-electron chi connectivity index (χ1n) is 8.21. The second-order valence-corrected chi connectivity index (χ2v) is 7.10. The van der Waals surface area contributed by atoms with Crippen molar-refractivity contribution < 1.29 is 4.79 Å². The fraction of sp³-hybridized carbons (Fsp3) is 0.0500. The van der Waals surface area contributed by atoms with E-state index in [0.717, 1.165) is 11.1 Å². The van der Waals surface area contributed by atoms with Crippen LogP contribution in [-0.4, -0.2) is 15.3 Å². The number of nitrogens with one attached hydrogen (secondary N) is 1. The van der Waals surface area contributed by atoms with Gasteiger partial charge >= 0.3 is 0 Å². The van der Waals surface area contributed by atoms with Crippen LogP contribution in [0, 0.1) is 0 Å². The van der Waals surface area contributed by atoms with Crippen molar-refractivity contribution >= 4 is 33.8 Å². The molecule has 2 aromatic carbocycles. The van der Waals surface area contributed by atoms with Crippen LogP contribution in [0.3, 0.4) is 0 Å². The van der Waals surface area contributed by atoms with Crippen molar-refractivity contribution in [2.45, 2.75) is 6.54 Å². The van der Waals surface area contributed by atoms with Gasteiger partial charge in [-0.3, -0.25) is 14.0 Å². The zero-order valence-corrected chi connectivity index (χ0v) is 15.6. The van der Waals surface area contributed by atoms with Gasteiger partial charge in [0.15, 0.2) is 4.96 Å². The van der Waals surface area contributed by atoms with Crippen LogP contribution in [0.4, 0.5) is 0 Å². The summed E-state index contributed by atoms with van der Waals surface area (Å²) in [5.74, 6) is -0.480. The number of fused-ring (bicyclic) bond motifs is 1. The molecule has 134 valence electrons. The SMILES string of the molecule is O=C(NCc1ccccc1Cl)c1cnc2scc(-c3ccccc3)n2c1=O. The summed E-state index contributed by atoms with van der Waals surface area (Å²) < 4.78 is 1.48. The summed E-state index contributed by atoms with van der Waals surface area (Å²) in [6.07, 6.45) is 1.32. The number of carbonyl (C=O) groups excluding carboxylic acids is 1. The minimum absolute atomic E-state index is 0.00450. The average molecular weight is 396 g/mol. The predicted octanol–water partition coefficient (Wildman–Crippen LogP) is 4.01. The van der Waals surface area contributed by atoms with E-state index >= 15 is 0 Å². The zero-order valence-electron chi connectivity index (χ0n) is 14.1. The van der Waals surface area contributed by atoms with Crippen molar-refractivity contribution in [2.75, 3.05) is 0 Å². The Labute approximate surface area is 163 Å². The van der Waals surface area contributed by atoms with Crippen LogP contribution in [-0.2, 0) is 6.54 Å². The molecule has 0 saturated heterocycles. The zero-order chi connectivity index (χ0) is 18.8. The molecule has 0 aliphatic rings. The number of aromatic nitrogens is 2. The molecule has 0 saturated carbocycles. The smallest absolute Gasteiger partial charge is 0.271 e. The van der Waals surface area contributed by atoms with E-state index in [2.05, 4.69) is 10.3 Å². The maximum atomic E-state index is 12.9. The van der Waals surface area contributed by atoms with Crippen LogP contribution in [0.5, 0.6) is 0 Å². The van der Waals surface area contributed by atoms with E-state index in [0.29, 0.717) is 15.7 Å². The summed E-state index contributed by atoms with van der Waals surface area (Å²) in [5.41, 5.74) is 1.99. The molecule has 4 rings (SSSR count). The van der Waals surface area contributed by atoms with Crippen LogP contribution in [0.15, 0.2) is 71.0 Å². The summed E-state index contributed by atoms with van der Waals surface area (Å²) in [5, 5.41) is 5.17. The Morgan fingerprint density at radius 1 is 1.11 bits per heavy atom. The molecule has 0 fully saturated rings. The number of amides is 1. The summed E-state index contributed by atoms with van der Waals surface area (Å²) in [4.78, 5) is 30.3. The van der Waals surface area contributed by atoms with Gasteiger partial charge in [0.2, 0.25) is 0 Å². The van der Waals surface area contributed by atoms with Gasteiger partial charge in [-0.15, -0.1) is 11.3 Å². The number of hydrogen-bond acceptors (Lipinski definition) is 4. The van der Waals surface area contributed by atoms with Gasteiger partial charge in [0, 0.05) is 23.1 Å². The highest BCUT2D eigenvalue weighted by molar-refractivity contribution is 7.15. The maximum absolute atomic E-state index is 12.9. The molecular formula is C20H14ClN3O2S. The van der Waals surface area contributed by atoms with Crippen LogP contribution in [0.1, 0.15) is 15.9 Å². The van der Waals surface area contributed by atoms with Gasteiger partial charge in [0.05, 0.1) is 5.69 Å². The van der Waals surface area contributed by atoms with E-state index in [1.807, 2.05) is 53.9 Å². The lowest BCUT2D eigenvalue weighted by atomic mass is 10.2. The summed E-state index contributed by atoms with van der Waals surface area (Å²) in [6, 6.07) is 16.8. The van der Waals surface area contributed by atoms with Crippen molar-refractivity contribution in [3.8, 4) is 11.3 Å². The lowest BCUT2D eigenvalue weighted by Gasteiger charge is -2.07. The van der Waals surface area contributed by atoms with Gasteiger partial charge in [-0.2, -0.15) is 0 Å². The highest BCUT2D eigenvalue weighted by atomic mass is 35.5. The highest BCUT2D eigenvalue weighted by Gasteiger charge is 2.17.